The van der Waals surface area contributed by atoms with Gasteiger partial charge >= 0.3 is 5.97 Å². The summed E-state index contributed by atoms with van der Waals surface area (Å²) >= 11 is 0. The van der Waals surface area contributed by atoms with Crippen molar-refractivity contribution in [1.29, 1.82) is 0 Å². The maximum absolute atomic E-state index is 10.8. The number of hydrogen-bond donors (Lipinski definition) is 3. The van der Waals surface area contributed by atoms with Crippen LogP contribution >= 0.6 is 0 Å². The summed E-state index contributed by atoms with van der Waals surface area (Å²) in [5.41, 5.74) is 0.757. The van der Waals surface area contributed by atoms with Gasteiger partial charge in [0.2, 0.25) is 0 Å². The molecule has 2 unspecified atom stereocenters. The highest BCUT2D eigenvalue weighted by molar-refractivity contribution is 5.87. The van der Waals surface area contributed by atoms with E-state index in [0.29, 0.717) is 5.57 Å². The fourth-order valence-corrected chi connectivity index (χ4v) is 1.54. The van der Waals surface area contributed by atoms with E-state index in [9.17, 15) is 9.90 Å². The van der Waals surface area contributed by atoms with Crippen LogP contribution in [0.3, 0.4) is 0 Å². The molecule has 0 aromatic heterocycles. The van der Waals surface area contributed by atoms with Crippen LogP contribution < -0.4 is 5.32 Å². The number of carbonyl (C=O) groups is 1. The Hall–Kier alpha value is -0.870. The first kappa shape index (κ1) is 13.1. The van der Waals surface area contributed by atoms with E-state index < -0.39 is 12.1 Å². The highest BCUT2D eigenvalue weighted by Crippen LogP contribution is 2.14. The molecule has 0 saturated carbocycles. The first-order valence-electron chi connectivity index (χ1n) is 4.77. The number of likely N-dealkylation sites (N-methyl/N-ethyl adjacent to an activating group) is 1. The average Bonchev–Trinajstić information content (AvgIpc) is 2.03. The van der Waals surface area contributed by atoms with Crippen molar-refractivity contribution in [1.82, 2.24) is 5.32 Å². The maximum Gasteiger partial charge on any atom is 0.331 e. The third-order valence-electron chi connectivity index (χ3n) is 2.18. The molecule has 0 heterocycles. The van der Waals surface area contributed by atoms with Crippen LogP contribution in [0.4, 0.5) is 0 Å². The van der Waals surface area contributed by atoms with Crippen molar-refractivity contribution < 1.29 is 15.0 Å². The second-order valence-corrected chi connectivity index (χ2v) is 3.34. The van der Waals surface area contributed by atoms with Gasteiger partial charge in [-0.3, -0.25) is 0 Å². The fraction of sp³-hybridized carbons (Fsp3) is 0.700. The Morgan fingerprint density at radius 3 is 2.21 bits per heavy atom. The quantitative estimate of drug-likeness (QED) is 0.574. The average molecular weight is 201 g/mol. The van der Waals surface area contributed by atoms with Crippen LogP contribution in [0.15, 0.2) is 11.1 Å². The number of aliphatic hydroxyl groups is 1. The van der Waals surface area contributed by atoms with Gasteiger partial charge in [0, 0.05) is 11.6 Å². The highest BCUT2D eigenvalue weighted by Gasteiger charge is 2.19. The predicted molar refractivity (Wildman–Crippen MR) is 55.2 cm³/mol. The van der Waals surface area contributed by atoms with E-state index in [1.807, 2.05) is 13.8 Å². The Kier molecular flexibility index (Phi) is 5.42. The molecule has 0 aliphatic carbocycles. The molecule has 2 atom stereocenters. The summed E-state index contributed by atoms with van der Waals surface area (Å²) in [6, 6.07) is -0.115. The summed E-state index contributed by atoms with van der Waals surface area (Å²) < 4.78 is 0. The zero-order valence-corrected chi connectivity index (χ0v) is 9.16. The Bertz CT molecular complexity index is 234. The third-order valence-corrected chi connectivity index (χ3v) is 2.18. The van der Waals surface area contributed by atoms with E-state index in [1.54, 1.807) is 6.92 Å². The lowest BCUT2D eigenvalue weighted by Gasteiger charge is -2.21. The van der Waals surface area contributed by atoms with Gasteiger partial charge < -0.3 is 15.5 Å². The molecule has 82 valence electrons. The lowest BCUT2D eigenvalue weighted by molar-refractivity contribution is -0.132. The zero-order chi connectivity index (χ0) is 11.3. The molecule has 4 nitrogen and oxygen atoms in total. The molecular weight excluding hydrogens is 182 g/mol. The Morgan fingerprint density at radius 1 is 1.43 bits per heavy atom. The third kappa shape index (κ3) is 3.47. The van der Waals surface area contributed by atoms with Gasteiger partial charge in [-0.05, 0) is 32.9 Å². The van der Waals surface area contributed by atoms with Gasteiger partial charge in [0.25, 0.3) is 0 Å². The second-order valence-electron chi connectivity index (χ2n) is 3.34. The number of rotatable bonds is 5. The van der Waals surface area contributed by atoms with E-state index >= 15 is 0 Å². The summed E-state index contributed by atoms with van der Waals surface area (Å²) in [5, 5.41) is 21.4. The molecule has 4 heteroatoms. The monoisotopic (exact) mass is 201 g/mol. The number of aliphatic hydroxyl groups excluding tert-OH is 1. The van der Waals surface area contributed by atoms with Crippen LogP contribution in [0.25, 0.3) is 0 Å². The van der Waals surface area contributed by atoms with Crippen molar-refractivity contribution in [2.75, 3.05) is 6.54 Å². The van der Waals surface area contributed by atoms with Crippen molar-refractivity contribution in [3.05, 3.63) is 11.1 Å². The molecule has 0 amide bonds. The maximum atomic E-state index is 10.8. The molecule has 0 saturated heterocycles. The minimum Gasteiger partial charge on any atom is -0.478 e. The van der Waals surface area contributed by atoms with Crippen LogP contribution in [-0.4, -0.2) is 34.9 Å². The molecule has 0 aliphatic rings. The predicted octanol–water partition coefficient (Wildman–Crippen LogP) is 0.766. The van der Waals surface area contributed by atoms with Gasteiger partial charge in [-0.15, -0.1) is 0 Å². The summed E-state index contributed by atoms with van der Waals surface area (Å²) in [6.45, 7) is 7.61. The van der Waals surface area contributed by atoms with Gasteiger partial charge in [-0.1, -0.05) is 6.92 Å². The van der Waals surface area contributed by atoms with E-state index in [2.05, 4.69) is 5.32 Å². The first-order chi connectivity index (χ1) is 6.41. The smallest absolute Gasteiger partial charge is 0.331 e. The topological polar surface area (TPSA) is 69.6 Å². The fourth-order valence-electron chi connectivity index (χ4n) is 1.54. The van der Waals surface area contributed by atoms with Gasteiger partial charge in [0.05, 0.1) is 6.10 Å². The molecule has 0 spiro atoms. The largest absolute Gasteiger partial charge is 0.478 e. The normalized spacial score (nSPS) is 17.2. The van der Waals surface area contributed by atoms with Crippen molar-refractivity contribution in [3.63, 3.8) is 0 Å². The van der Waals surface area contributed by atoms with Gasteiger partial charge in [-0.25, -0.2) is 4.79 Å². The standard InChI is InChI=1S/C10H19NO3/c1-5-11-7(3)9(8(4)12)6(2)10(13)14/h7-8,11-12H,5H2,1-4H3,(H,13,14)/b9-6-. The SMILES string of the molecule is CCNC(C)/C(=C(\C)C(=O)O)C(C)O. The van der Waals surface area contributed by atoms with Crippen LogP contribution in [0, 0.1) is 0 Å². The highest BCUT2D eigenvalue weighted by atomic mass is 16.4. The first-order valence-corrected chi connectivity index (χ1v) is 4.77. The number of carboxylic acid groups (broad SMARTS) is 1. The summed E-state index contributed by atoms with van der Waals surface area (Å²) in [4.78, 5) is 10.8. The van der Waals surface area contributed by atoms with Gasteiger partial charge in [-0.2, -0.15) is 0 Å². The van der Waals surface area contributed by atoms with Crippen LogP contribution in [-0.2, 0) is 4.79 Å². The van der Waals surface area contributed by atoms with E-state index in [4.69, 9.17) is 5.11 Å². The molecule has 0 aromatic carbocycles. The Balaban J connectivity index is 4.93. The van der Waals surface area contributed by atoms with Crippen LogP contribution in [0.1, 0.15) is 27.7 Å². The minimum absolute atomic E-state index is 0.115. The number of hydrogen-bond acceptors (Lipinski definition) is 3. The Labute approximate surface area is 84.6 Å². The molecule has 0 radical (unpaired) electrons. The molecule has 0 aliphatic heterocycles. The Morgan fingerprint density at radius 2 is 1.93 bits per heavy atom. The van der Waals surface area contributed by atoms with Crippen LogP contribution in [0.5, 0.6) is 0 Å². The lowest BCUT2D eigenvalue weighted by atomic mass is 9.98. The number of aliphatic carboxylic acids is 1. The van der Waals surface area contributed by atoms with E-state index in [1.165, 1.54) is 6.92 Å². The van der Waals surface area contributed by atoms with Crippen molar-refractivity contribution in [2.24, 2.45) is 0 Å². The van der Waals surface area contributed by atoms with Gasteiger partial charge in [0.15, 0.2) is 0 Å². The molecule has 14 heavy (non-hydrogen) atoms. The van der Waals surface area contributed by atoms with Crippen molar-refractivity contribution in [2.45, 2.75) is 39.8 Å². The van der Waals surface area contributed by atoms with Crippen LogP contribution in [0.2, 0.25) is 0 Å². The van der Waals surface area contributed by atoms with Gasteiger partial charge in [0.1, 0.15) is 0 Å². The molecular formula is C10H19NO3. The van der Waals surface area contributed by atoms with Crippen molar-refractivity contribution >= 4 is 5.97 Å². The zero-order valence-electron chi connectivity index (χ0n) is 9.16. The molecule has 3 N–H and O–H groups in total. The summed E-state index contributed by atoms with van der Waals surface area (Å²) in [6.07, 6.45) is -0.736. The number of carboxylic acids is 1. The number of nitrogens with one attached hydrogen (secondary N) is 1. The molecule has 0 fully saturated rings. The second kappa shape index (κ2) is 5.78. The van der Waals surface area contributed by atoms with E-state index in [-0.39, 0.29) is 11.6 Å². The van der Waals surface area contributed by atoms with Crippen molar-refractivity contribution in [3.8, 4) is 0 Å². The molecule has 0 bridgehead atoms. The summed E-state index contributed by atoms with van der Waals surface area (Å²) in [5.74, 6) is -0.981. The molecule has 0 rings (SSSR count). The molecule has 0 aromatic rings. The lowest BCUT2D eigenvalue weighted by Crippen LogP contribution is -2.33. The van der Waals surface area contributed by atoms with E-state index in [0.717, 1.165) is 6.54 Å². The minimum atomic E-state index is -0.981. The summed E-state index contributed by atoms with van der Waals surface area (Å²) in [7, 11) is 0.